The Labute approximate surface area is 166 Å². The van der Waals surface area contributed by atoms with Crippen molar-refractivity contribution in [2.45, 2.75) is 50.9 Å². The summed E-state index contributed by atoms with van der Waals surface area (Å²) in [6.07, 6.45) is 6.91. The summed E-state index contributed by atoms with van der Waals surface area (Å²) in [6, 6.07) is 0.00175. The molecule has 0 aromatic carbocycles. The lowest BCUT2D eigenvalue weighted by Crippen LogP contribution is -2.50. The molecule has 154 valence electrons. The zero-order valence-electron chi connectivity index (χ0n) is 17.0. The number of nitrogens with zero attached hydrogens (tertiary/aromatic N) is 5. The topological polar surface area (TPSA) is 82.8 Å². The maximum Gasteiger partial charge on any atom is 0.319 e. The van der Waals surface area contributed by atoms with Crippen molar-refractivity contribution >= 4 is 11.9 Å². The molecule has 0 unspecified atom stereocenters. The standard InChI is InChI=1S/C20H31N5O3/c1-23(2)20(27)25-9-3-4-16(13-25)19(26)24-10-7-14(8-11-24)12-17-21-18(28-22-17)15-5-6-15/h14-16H,3-13H2,1-2H3/t16-/m1/s1. The van der Waals surface area contributed by atoms with Crippen molar-refractivity contribution in [2.75, 3.05) is 40.3 Å². The summed E-state index contributed by atoms with van der Waals surface area (Å²) in [5.41, 5.74) is 0. The van der Waals surface area contributed by atoms with Crippen LogP contribution in [0.5, 0.6) is 0 Å². The molecule has 0 radical (unpaired) electrons. The second-order valence-electron chi connectivity index (χ2n) is 8.76. The van der Waals surface area contributed by atoms with E-state index in [4.69, 9.17) is 4.52 Å². The normalized spacial score (nSPS) is 23.7. The Morgan fingerprint density at radius 2 is 1.82 bits per heavy atom. The first-order valence-electron chi connectivity index (χ1n) is 10.6. The number of hydrogen-bond donors (Lipinski definition) is 0. The molecule has 2 aliphatic heterocycles. The van der Waals surface area contributed by atoms with Gasteiger partial charge in [0.1, 0.15) is 0 Å². The molecule has 0 spiro atoms. The Morgan fingerprint density at radius 3 is 2.50 bits per heavy atom. The monoisotopic (exact) mass is 389 g/mol. The third-order valence-corrected chi connectivity index (χ3v) is 6.23. The van der Waals surface area contributed by atoms with Gasteiger partial charge in [0.2, 0.25) is 11.8 Å². The molecule has 3 heterocycles. The van der Waals surface area contributed by atoms with Crippen molar-refractivity contribution in [1.82, 2.24) is 24.8 Å². The molecular weight excluding hydrogens is 358 g/mol. The maximum absolute atomic E-state index is 13.0. The third kappa shape index (κ3) is 4.31. The van der Waals surface area contributed by atoms with Crippen LogP contribution in [0.25, 0.3) is 0 Å². The highest BCUT2D eigenvalue weighted by Crippen LogP contribution is 2.39. The highest BCUT2D eigenvalue weighted by Gasteiger charge is 2.34. The smallest absolute Gasteiger partial charge is 0.319 e. The SMILES string of the molecule is CN(C)C(=O)N1CCC[C@@H](C(=O)N2CCC(Cc3noc(C4CC4)n3)CC2)C1. The molecule has 1 saturated carbocycles. The minimum absolute atomic E-state index is 0.00175. The molecule has 1 aliphatic carbocycles. The second-order valence-corrected chi connectivity index (χ2v) is 8.76. The van der Waals surface area contributed by atoms with Gasteiger partial charge in [-0.2, -0.15) is 4.98 Å². The van der Waals surface area contributed by atoms with Crippen LogP contribution in [0.2, 0.25) is 0 Å². The summed E-state index contributed by atoms with van der Waals surface area (Å²) >= 11 is 0. The summed E-state index contributed by atoms with van der Waals surface area (Å²) in [5.74, 6) is 2.77. The maximum atomic E-state index is 13.0. The van der Waals surface area contributed by atoms with E-state index in [1.54, 1.807) is 19.0 Å². The van der Waals surface area contributed by atoms with Gasteiger partial charge in [0, 0.05) is 52.6 Å². The van der Waals surface area contributed by atoms with Crippen LogP contribution < -0.4 is 0 Å². The first-order chi connectivity index (χ1) is 13.5. The molecule has 28 heavy (non-hydrogen) atoms. The molecule has 3 aliphatic rings. The lowest BCUT2D eigenvalue weighted by atomic mass is 9.91. The van der Waals surface area contributed by atoms with Crippen LogP contribution in [0.15, 0.2) is 4.52 Å². The van der Waals surface area contributed by atoms with Gasteiger partial charge in [0.05, 0.1) is 5.92 Å². The van der Waals surface area contributed by atoms with E-state index in [0.717, 1.165) is 63.5 Å². The number of aromatic nitrogens is 2. The number of rotatable bonds is 4. The van der Waals surface area contributed by atoms with Crippen LogP contribution in [-0.4, -0.2) is 77.1 Å². The fourth-order valence-corrected chi connectivity index (χ4v) is 4.36. The fraction of sp³-hybridized carbons (Fsp3) is 0.800. The number of urea groups is 1. The van der Waals surface area contributed by atoms with Gasteiger partial charge in [0.25, 0.3) is 0 Å². The molecule has 0 bridgehead atoms. The van der Waals surface area contributed by atoms with Crippen molar-refractivity contribution in [3.8, 4) is 0 Å². The fourth-order valence-electron chi connectivity index (χ4n) is 4.36. The summed E-state index contributed by atoms with van der Waals surface area (Å²) < 4.78 is 5.35. The quantitative estimate of drug-likeness (QED) is 0.788. The number of amides is 3. The third-order valence-electron chi connectivity index (χ3n) is 6.23. The van der Waals surface area contributed by atoms with Gasteiger partial charge in [-0.3, -0.25) is 4.79 Å². The van der Waals surface area contributed by atoms with E-state index in [-0.39, 0.29) is 17.9 Å². The van der Waals surface area contributed by atoms with Crippen molar-refractivity contribution in [2.24, 2.45) is 11.8 Å². The van der Waals surface area contributed by atoms with E-state index < -0.39 is 0 Å². The average Bonchev–Trinajstić information content (AvgIpc) is 3.47. The highest BCUT2D eigenvalue weighted by molar-refractivity contribution is 5.81. The second kappa shape index (κ2) is 8.09. The first-order valence-corrected chi connectivity index (χ1v) is 10.6. The minimum atomic E-state index is -0.0625. The highest BCUT2D eigenvalue weighted by atomic mass is 16.5. The van der Waals surface area contributed by atoms with Crippen LogP contribution >= 0.6 is 0 Å². The number of piperidine rings is 2. The zero-order valence-corrected chi connectivity index (χ0v) is 17.0. The van der Waals surface area contributed by atoms with Crippen molar-refractivity contribution in [3.63, 3.8) is 0 Å². The summed E-state index contributed by atoms with van der Waals surface area (Å²) in [4.78, 5) is 35.1. The molecule has 4 rings (SSSR count). The zero-order chi connectivity index (χ0) is 19.7. The predicted octanol–water partition coefficient (Wildman–Crippen LogP) is 2.12. The molecule has 2 saturated heterocycles. The van der Waals surface area contributed by atoms with Crippen LogP contribution in [0.4, 0.5) is 4.79 Å². The molecule has 3 fully saturated rings. The molecule has 3 amide bonds. The molecule has 1 aromatic rings. The number of likely N-dealkylation sites (tertiary alicyclic amines) is 2. The summed E-state index contributed by atoms with van der Waals surface area (Å²) in [7, 11) is 3.52. The van der Waals surface area contributed by atoms with Crippen LogP contribution in [0, 0.1) is 11.8 Å². The van der Waals surface area contributed by atoms with E-state index in [1.165, 1.54) is 12.8 Å². The van der Waals surface area contributed by atoms with Crippen LogP contribution in [0.1, 0.15) is 56.2 Å². The molecular formula is C20H31N5O3. The minimum Gasteiger partial charge on any atom is -0.342 e. The Bertz CT molecular complexity index is 706. The Morgan fingerprint density at radius 1 is 1.07 bits per heavy atom. The van der Waals surface area contributed by atoms with E-state index in [2.05, 4.69) is 10.1 Å². The van der Waals surface area contributed by atoms with E-state index in [9.17, 15) is 9.59 Å². The molecule has 1 aromatic heterocycles. The summed E-state index contributed by atoms with van der Waals surface area (Å²) in [6.45, 7) is 2.86. The Balaban J connectivity index is 1.25. The lowest BCUT2D eigenvalue weighted by molar-refractivity contribution is -0.138. The van der Waals surface area contributed by atoms with Crippen molar-refractivity contribution in [1.29, 1.82) is 0 Å². The molecule has 0 N–H and O–H groups in total. The largest absolute Gasteiger partial charge is 0.342 e. The van der Waals surface area contributed by atoms with Gasteiger partial charge in [0.15, 0.2) is 5.82 Å². The van der Waals surface area contributed by atoms with Crippen molar-refractivity contribution in [3.05, 3.63) is 11.7 Å². The molecule has 8 nitrogen and oxygen atoms in total. The van der Waals surface area contributed by atoms with Gasteiger partial charge < -0.3 is 19.2 Å². The number of carbonyl (C=O) groups is 2. The molecule has 8 heteroatoms. The lowest BCUT2D eigenvalue weighted by Gasteiger charge is -2.38. The number of carbonyl (C=O) groups excluding carboxylic acids is 2. The van der Waals surface area contributed by atoms with Crippen LogP contribution in [-0.2, 0) is 11.2 Å². The van der Waals surface area contributed by atoms with Gasteiger partial charge in [-0.25, -0.2) is 4.79 Å². The summed E-state index contributed by atoms with van der Waals surface area (Å²) in [5, 5.41) is 4.13. The van der Waals surface area contributed by atoms with Gasteiger partial charge in [-0.05, 0) is 44.4 Å². The van der Waals surface area contributed by atoms with Crippen LogP contribution in [0.3, 0.4) is 0 Å². The van der Waals surface area contributed by atoms with E-state index >= 15 is 0 Å². The Kier molecular flexibility index (Phi) is 5.55. The first kappa shape index (κ1) is 19.2. The number of hydrogen-bond acceptors (Lipinski definition) is 5. The van der Waals surface area contributed by atoms with Crippen molar-refractivity contribution < 1.29 is 14.1 Å². The van der Waals surface area contributed by atoms with E-state index in [0.29, 0.717) is 18.4 Å². The molecule has 1 atom stereocenters. The van der Waals surface area contributed by atoms with Gasteiger partial charge >= 0.3 is 6.03 Å². The predicted molar refractivity (Wildman–Crippen MR) is 103 cm³/mol. The van der Waals surface area contributed by atoms with E-state index in [1.807, 2.05) is 9.80 Å². The van der Waals surface area contributed by atoms with Gasteiger partial charge in [-0.1, -0.05) is 5.16 Å². The van der Waals surface area contributed by atoms with Gasteiger partial charge in [-0.15, -0.1) is 0 Å². The average molecular weight is 390 g/mol. The Hall–Kier alpha value is -2.12.